The van der Waals surface area contributed by atoms with Gasteiger partial charge in [0.15, 0.2) is 0 Å². The molecule has 1 aromatic rings. The molecule has 18 heavy (non-hydrogen) atoms. The highest BCUT2D eigenvalue weighted by atomic mass is 14.3. The molecule has 0 amide bonds. The quantitative estimate of drug-likeness (QED) is 0.550. The predicted molar refractivity (Wildman–Crippen MR) is 75.7 cm³/mol. The van der Waals surface area contributed by atoms with Crippen LogP contribution in [0.5, 0.6) is 0 Å². The van der Waals surface area contributed by atoms with Crippen LogP contribution in [0.25, 0.3) is 5.57 Å². The highest BCUT2D eigenvalue weighted by Gasteiger charge is 2.21. The fourth-order valence-electron chi connectivity index (χ4n) is 2.80. The van der Waals surface area contributed by atoms with Gasteiger partial charge in [-0.25, -0.2) is 0 Å². The average molecular weight is 237 g/mol. The lowest BCUT2D eigenvalue weighted by atomic mass is 9.78. The first-order valence-corrected chi connectivity index (χ1v) is 6.66. The van der Waals surface area contributed by atoms with Crippen LogP contribution < -0.4 is 0 Å². The second-order valence-electron chi connectivity index (χ2n) is 4.85. The number of hydrogen-bond donors (Lipinski definition) is 0. The van der Waals surface area contributed by atoms with Crippen molar-refractivity contribution in [2.75, 3.05) is 0 Å². The minimum atomic E-state index is 0.520. The first-order valence-electron chi connectivity index (χ1n) is 6.66. The summed E-state index contributed by atoms with van der Waals surface area (Å²) in [5.41, 5.74) is 3.29. The highest BCUT2D eigenvalue weighted by molar-refractivity contribution is 5.79. The van der Waals surface area contributed by atoms with Gasteiger partial charge in [-0.2, -0.15) is 5.26 Å². The van der Waals surface area contributed by atoms with Crippen LogP contribution in [-0.4, -0.2) is 0 Å². The van der Waals surface area contributed by atoms with Gasteiger partial charge in [0, 0.05) is 0 Å². The lowest BCUT2D eigenvalue weighted by Gasteiger charge is -2.25. The Morgan fingerprint density at radius 3 is 2.78 bits per heavy atom. The van der Waals surface area contributed by atoms with Crippen molar-refractivity contribution in [3.8, 4) is 6.07 Å². The van der Waals surface area contributed by atoms with E-state index in [4.69, 9.17) is 0 Å². The molecule has 0 bridgehead atoms. The Morgan fingerprint density at radius 1 is 1.33 bits per heavy atom. The van der Waals surface area contributed by atoms with Gasteiger partial charge in [0.1, 0.15) is 0 Å². The molecule has 1 saturated carbocycles. The van der Waals surface area contributed by atoms with Crippen LogP contribution >= 0.6 is 0 Å². The zero-order chi connectivity index (χ0) is 12.8. The van der Waals surface area contributed by atoms with Gasteiger partial charge in [-0.05, 0) is 42.7 Å². The van der Waals surface area contributed by atoms with Gasteiger partial charge in [0.2, 0.25) is 0 Å². The fourth-order valence-corrected chi connectivity index (χ4v) is 2.80. The van der Waals surface area contributed by atoms with Gasteiger partial charge >= 0.3 is 0 Å². The predicted octanol–water partition coefficient (Wildman–Crippen LogP) is 4.73. The Labute approximate surface area is 109 Å². The van der Waals surface area contributed by atoms with Gasteiger partial charge < -0.3 is 0 Å². The van der Waals surface area contributed by atoms with E-state index in [0.29, 0.717) is 5.92 Å². The molecule has 0 saturated heterocycles. The Morgan fingerprint density at radius 2 is 2.11 bits per heavy atom. The van der Waals surface area contributed by atoms with E-state index in [1.165, 1.54) is 24.8 Å². The highest BCUT2D eigenvalue weighted by Crippen LogP contribution is 2.36. The zero-order valence-corrected chi connectivity index (χ0v) is 10.7. The maximum atomic E-state index is 9.48. The first-order chi connectivity index (χ1) is 8.86. The van der Waals surface area contributed by atoms with Crippen LogP contribution in [0.1, 0.15) is 37.7 Å². The Hall–Kier alpha value is -1.81. The molecule has 0 spiro atoms. The molecule has 2 rings (SSSR count). The summed E-state index contributed by atoms with van der Waals surface area (Å²) < 4.78 is 0. The molecular formula is C17H19N. The maximum Gasteiger partial charge on any atom is 0.0997 e. The molecule has 92 valence electrons. The van der Waals surface area contributed by atoms with Crippen LogP contribution in [0.4, 0.5) is 0 Å². The van der Waals surface area contributed by atoms with E-state index in [9.17, 15) is 5.26 Å². The van der Waals surface area contributed by atoms with E-state index in [1.807, 2.05) is 36.4 Å². The standard InChI is InChI=1S/C17H19N/c1-2-8-14-11-6-7-12-16(14)17(13-18)15-9-4-3-5-10-15/h2-5,9-10,14H,1,6-8,11-12H2/b17-16+/t14-/m0/s1. The second-order valence-corrected chi connectivity index (χ2v) is 4.85. The van der Waals surface area contributed by atoms with Crippen LogP contribution in [0, 0.1) is 17.2 Å². The summed E-state index contributed by atoms with van der Waals surface area (Å²) in [6.45, 7) is 3.84. The molecule has 0 aliphatic heterocycles. The fraction of sp³-hybridized carbons (Fsp3) is 0.353. The second kappa shape index (κ2) is 6.21. The van der Waals surface area contributed by atoms with Crippen LogP contribution in [0.15, 0.2) is 48.6 Å². The van der Waals surface area contributed by atoms with Gasteiger partial charge in [-0.3, -0.25) is 0 Å². The lowest BCUT2D eigenvalue weighted by Crippen LogP contribution is -2.11. The number of hydrogen-bond acceptors (Lipinski definition) is 1. The molecule has 1 nitrogen and oxygen atoms in total. The van der Waals surface area contributed by atoms with Crippen molar-refractivity contribution in [1.82, 2.24) is 0 Å². The molecule has 0 radical (unpaired) electrons. The molecule has 1 atom stereocenters. The molecule has 1 aliphatic rings. The Kier molecular flexibility index (Phi) is 4.36. The normalized spacial score (nSPS) is 22.1. The van der Waals surface area contributed by atoms with Crippen molar-refractivity contribution >= 4 is 5.57 Å². The van der Waals surface area contributed by atoms with Crippen molar-refractivity contribution in [1.29, 1.82) is 5.26 Å². The van der Waals surface area contributed by atoms with Crippen molar-refractivity contribution in [3.63, 3.8) is 0 Å². The van der Waals surface area contributed by atoms with Gasteiger partial charge in [0.25, 0.3) is 0 Å². The third kappa shape index (κ3) is 2.71. The number of nitriles is 1. The molecular weight excluding hydrogens is 218 g/mol. The summed E-state index contributed by atoms with van der Waals surface area (Å²) in [6, 6.07) is 12.5. The number of rotatable bonds is 3. The van der Waals surface area contributed by atoms with Crippen LogP contribution in [0.2, 0.25) is 0 Å². The number of allylic oxidation sites excluding steroid dienone is 3. The van der Waals surface area contributed by atoms with Crippen molar-refractivity contribution in [2.24, 2.45) is 5.92 Å². The van der Waals surface area contributed by atoms with Gasteiger partial charge in [-0.1, -0.05) is 42.8 Å². The summed E-state index contributed by atoms with van der Waals surface area (Å²) in [5.74, 6) is 0.520. The molecule has 1 aromatic carbocycles. The van der Waals surface area contributed by atoms with Crippen molar-refractivity contribution in [2.45, 2.75) is 32.1 Å². The largest absolute Gasteiger partial charge is 0.192 e. The van der Waals surface area contributed by atoms with E-state index in [-0.39, 0.29) is 0 Å². The Bertz CT molecular complexity index is 476. The topological polar surface area (TPSA) is 23.8 Å². The van der Waals surface area contributed by atoms with Gasteiger partial charge in [-0.15, -0.1) is 6.58 Å². The number of benzene rings is 1. The summed E-state index contributed by atoms with van der Waals surface area (Å²) in [6.07, 6.45) is 7.72. The lowest BCUT2D eigenvalue weighted by molar-refractivity contribution is 0.459. The van der Waals surface area contributed by atoms with E-state index in [1.54, 1.807) is 0 Å². The molecule has 0 heterocycles. The van der Waals surface area contributed by atoms with Crippen molar-refractivity contribution in [3.05, 3.63) is 54.1 Å². The van der Waals surface area contributed by atoms with E-state index >= 15 is 0 Å². The molecule has 0 aromatic heterocycles. The SMILES string of the molecule is C=CC[C@H]1CCCC/C1=C(/C#N)c1ccccc1. The summed E-state index contributed by atoms with van der Waals surface area (Å²) in [4.78, 5) is 0. The van der Waals surface area contributed by atoms with E-state index in [2.05, 4.69) is 12.6 Å². The van der Waals surface area contributed by atoms with Crippen LogP contribution in [-0.2, 0) is 0 Å². The third-order valence-electron chi connectivity index (χ3n) is 3.69. The first kappa shape index (κ1) is 12.6. The number of nitrogens with zero attached hydrogens (tertiary/aromatic N) is 1. The monoisotopic (exact) mass is 237 g/mol. The van der Waals surface area contributed by atoms with Crippen LogP contribution in [0.3, 0.4) is 0 Å². The minimum absolute atomic E-state index is 0.520. The summed E-state index contributed by atoms with van der Waals surface area (Å²) >= 11 is 0. The Balaban J connectivity index is 2.41. The van der Waals surface area contributed by atoms with Crippen molar-refractivity contribution < 1.29 is 0 Å². The maximum absolute atomic E-state index is 9.48. The van der Waals surface area contributed by atoms with E-state index in [0.717, 1.165) is 24.0 Å². The minimum Gasteiger partial charge on any atom is -0.192 e. The molecule has 0 unspecified atom stereocenters. The average Bonchev–Trinajstić information content (AvgIpc) is 2.43. The third-order valence-corrected chi connectivity index (χ3v) is 3.69. The zero-order valence-electron chi connectivity index (χ0n) is 10.7. The molecule has 1 fully saturated rings. The molecule has 0 N–H and O–H groups in total. The molecule has 1 heteroatoms. The molecule has 1 aliphatic carbocycles. The smallest absolute Gasteiger partial charge is 0.0997 e. The summed E-state index contributed by atoms with van der Waals surface area (Å²) in [5, 5.41) is 9.48. The van der Waals surface area contributed by atoms with E-state index < -0.39 is 0 Å². The summed E-state index contributed by atoms with van der Waals surface area (Å²) in [7, 11) is 0. The van der Waals surface area contributed by atoms with Gasteiger partial charge in [0.05, 0.1) is 11.6 Å².